The maximum Gasteiger partial charge on any atom is 0.243 e. The minimum atomic E-state index is -0.970. The Labute approximate surface area is 446 Å². The Morgan fingerprint density at radius 1 is 1.05 bits per heavy atom. The molecule has 402 valence electrons. The summed E-state index contributed by atoms with van der Waals surface area (Å²) in [4.78, 5) is 50.8. The number of phenolic OH excluding ortho intramolecular Hbond substituents is 1. The number of allylic oxidation sites excluding steroid dienone is 3. The minimum absolute atomic E-state index is 0.00934. The number of aliphatic hydroxyl groups is 2. The number of nitrogens with one attached hydrogen (secondary N) is 3. The molecule has 8 heterocycles. The number of rotatable bonds is 17. The summed E-state index contributed by atoms with van der Waals surface area (Å²) in [6.07, 6.45) is 20.6. The number of epoxide rings is 1. The van der Waals surface area contributed by atoms with Gasteiger partial charge in [0.05, 0.1) is 42.4 Å². The number of nitrogens with zero attached hydrogens (tertiary/aromatic N) is 9. The number of aromatic nitrogens is 5. The molecule has 18 heteroatoms. The summed E-state index contributed by atoms with van der Waals surface area (Å²) in [6.45, 7) is 16.0. The first-order valence-corrected chi connectivity index (χ1v) is 27.1. The number of benzene rings is 1. The van der Waals surface area contributed by atoms with Gasteiger partial charge in [0.25, 0.3) is 0 Å². The Morgan fingerprint density at radius 3 is 2.47 bits per heavy atom. The molecule has 0 saturated carbocycles. The summed E-state index contributed by atoms with van der Waals surface area (Å²) in [5.74, 6) is 2.93. The van der Waals surface area contributed by atoms with Crippen LogP contribution in [0.4, 0.5) is 5.95 Å². The van der Waals surface area contributed by atoms with Crippen molar-refractivity contribution in [2.45, 2.75) is 147 Å². The van der Waals surface area contributed by atoms with Crippen molar-refractivity contribution in [3.05, 3.63) is 95.5 Å². The van der Waals surface area contributed by atoms with E-state index in [2.05, 4.69) is 66.0 Å². The van der Waals surface area contributed by atoms with Crippen molar-refractivity contribution in [1.82, 2.24) is 50.5 Å². The predicted octanol–water partition coefficient (Wildman–Crippen LogP) is 5.77. The summed E-state index contributed by atoms with van der Waals surface area (Å²) in [5, 5.41) is 57.5. The summed E-state index contributed by atoms with van der Waals surface area (Å²) in [6, 6.07) is 9.40. The molecule has 5 aliphatic rings. The van der Waals surface area contributed by atoms with Crippen LogP contribution >= 0.6 is 0 Å². The fourth-order valence-corrected chi connectivity index (χ4v) is 12.1. The largest absolute Gasteiger partial charge is 0.507 e. The van der Waals surface area contributed by atoms with Crippen LogP contribution in [-0.2, 0) is 20.7 Å². The molecule has 9 rings (SSSR count). The number of aliphatic hydroxyl groups excluding tert-OH is 2. The van der Waals surface area contributed by atoms with Crippen molar-refractivity contribution in [2.75, 3.05) is 50.8 Å². The zero-order valence-electron chi connectivity index (χ0n) is 44.4. The van der Waals surface area contributed by atoms with E-state index in [0.717, 1.165) is 106 Å². The highest BCUT2D eigenvalue weighted by atomic mass is 16.6. The molecule has 18 nitrogen and oxygen atoms in total. The number of ether oxygens (including phenoxy) is 1. The van der Waals surface area contributed by atoms with E-state index in [-0.39, 0.29) is 49.9 Å². The van der Waals surface area contributed by atoms with Crippen molar-refractivity contribution in [2.24, 2.45) is 5.41 Å². The average Bonchev–Trinajstić information content (AvgIpc) is 3.91. The third kappa shape index (κ3) is 11.9. The summed E-state index contributed by atoms with van der Waals surface area (Å²) >= 11 is 0. The lowest BCUT2D eigenvalue weighted by Crippen LogP contribution is -2.59. The molecule has 3 aromatic heterocycles. The van der Waals surface area contributed by atoms with Crippen LogP contribution in [0.3, 0.4) is 0 Å². The molecule has 4 aromatic rings. The lowest BCUT2D eigenvalue weighted by Gasteiger charge is -2.39. The molecule has 0 bridgehead atoms. The van der Waals surface area contributed by atoms with Gasteiger partial charge in [0.15, 0.2) is 18.1 Å². The first kappa shape index (κ1) is 54.3. The molecule has 6 N–H and O–H groups in total. The van der Waals surface area contributed by atoms with Gasteiger partial charge in [-0.05, 0) is 119 Å². The second-order valence-electron chi connectivity index (χ2n) is 21.9. The number of carbonyl (C=O) groups excluding carboxylic acids is 2. The Bertz CT molecular complexity index is 2870. The van der Waals surface area contributed by atoms with Gasteiger partial charge in [-0.1, -0.05) is 50.6 Å². The van der Waals surface area contributed by atoms with Crippen molar-refractivity contribution >= 4 is 28.8 Å². The minimum Gasteiger partial charge on any atom is -0.507 e. The molecule has 0 spiro atoms. The maximum atomic E-state index is 14.7. The number of piperidine rings is 1. The van der Waals surface area contributed by atoms with E-state index in [4.69, 9.17) is 21.1 Å². The Hall–Kier alpha value is -6.51. The van der Waals surface area contributed by atoms with Gasteiger partial charge in [-0.3, -0.25) is 19.8 Å². The number of carbonyl (C=O) groups is 2. The van der Waals surface area contributed by atoms with Crippen LogP contribution in [0.2, 0.25) is 0 Å². The van der Waals surface area contributed by atoms with E-state index in [1.165, 1.54) is 10.5 Å². The number of β-amino-alcohol motifs (C(OH)–C–C–N with tert-alkyl or cyclic N) is 1. The third-order valence-electron chi connectivity index (χ3n) is 16.6. The molecule has 1 aromatic carbocycles. The van der Waals surface area contributed by atoms with Gasteiger partial charge in [-0.25, -0.2) is 9.97 Å². The van der Waals surface area contributed by atoms with Crippen LogP contribution in [-0.4, -0.2) is 156 Å². The number of aromatic amines is 1. The number of nitriles is 1. The van der Waals surface area contributed by atoms with Crippen molar-refractivity contribution in [3.63, 3.8) is 0 Å². The number of anilines is 1. The highest BCUT2D eigenvalue weighted by molar-refractivity contribution is 5.91. The number of H-pyrrole nitrogens is 1. The molecule has 7 atom stereocenters. The predicted molar refractivity (Wildman–Crippen MR) is 290 cm³/mol. The number of terminal acetylenes is 1. The quantitative estimate of drug-likeness (QED) is 0.0419. The average molecular weight is 1040 g/mol. The summed E-state index contributed by atoms with van der Waals surface area (Å²) in [7, 11) is 0. The smallest absolute Gasteiger partial charge is 0.243 e. The standard InChI is InChI=1S/C58H74N12O6/c1-7-36(3)17-18-38(8-2)45(19-24-59)63-53(74)48-31-42(72)35-70(48)55(75)51(58(5,6)23-30-71)64-54-56(76-54)68-25-11-13-41(14-12-26-68)67-27-20-39(21-28-67)40-33-60-57(61-34-40)69-29-22-46-50(37(69)4)44-32-47(65-66-52(44)62-46)43-15-9-10-16-49(43)73/h1,8-10,15-18,32-34,37,39,41-42,45,48,51,54,56,64,71-73H,3,11-14,19-23,25-31,35H2,2,4-6H3,(H,62,66)(H,63,74)/b18-17-,38-8+/t37-,42-,45+,48+,51-,54?,56+/m1/s1. The number of hydrogen-bond donors (Lipinski definition) is 6. The van der Waals surface area contributed by atoms with Crippen LogP contribution in [0.15, 0.2) is 78.7 Å². The van der Waals surface area contributed by atoms with Crippen molar-refractivity contribution in [3.8, 4) is 35.4 Å². The van der Waals surface area contributed by atoms with Gasteiger partial charge in [0.1, 0.15) is 11.8 Å². The fraction of sp³-hybridized carbons (Fsp3) is 0.534. The van der Waals surface area contributed by atoms with Crippen LogP contribution < -0.4 is 15.5 Å². The van der Waals surface area contributed by atoms with Crippen LogP contribution in [0.25, 0.3) is 22.3 Å². The van der Waals surface area contributed by atoms with E-state index in [1.54, 1.807) is 37.3 Å². The van der Waals surface area contributed by atoms with Crippen molar-refractivity contribution < 1.29 is 29.6 Å². The zero-order valence-corrected chi connectivity index (χ0v) is 44.4. The lowest BCUT2D eigenvalue weighted by atomic mass is 9.80. The van der Waals surface area contributed by atoms with E-state index in [9.17, 15) is 30.2 Å². The maximum absolute atomic E-state index is 14.7. The number of hydrogen-bond acceptors (Lipinski definition) is 15. The molecular formula is C58H74N12O6. The molecule has 1 unspecified atom stereocenters. The lowest BCUT2D eigenvalue weighted by molar-refractivity contribution is -0.143. The Morgan fingerprint density at radius 2 is 1.79 bits per heavy atom. The molecular weight excluding hydrogens is 961 g/mol. The zero-order chi connectivity index (χ0) is 53.7. The fourth-order valence-electron chi connectivity index (χ4n) is 12.1. The summed E-state index contributed by atoms with van der Waals surface area (Å²) < 4.78 is 6.28. The van der Waals surface area contributed by atoms with Gasteiger partial charge in [0, 0.05) is 91.8 Å². The van der Waals surface area contributed by atoms with Gasteiger partial charge in [-0.2, -0.15) is 5.26 Å². The summed E-state index contributed by atoms with van der Waals surface area (Å²) in [5.41, 5.74) is 5.88. The molecule has 4 fully saturated rings. The monoisotopic (exact) mass is 1030 g/mol. The topological polar surface area (TPSA) is 236 Å². The van der Waals surface area contributed by atoms with E-state index < -0.39 is 41.8 Å². The number of phenols is 1. The Kier molecular flexibility index (Phi) is 17.0. The van der Waals surface area contributed by atoms with Crippen LogP contribution in [0, 0.1) is 29.1 Å². The van der Waals surface area contributed by atoms with E-state index in [0.29, 0.717) is 40.8 Å². The highest BCUT2D eigenvalue weighted by Crippen LogP contribution is 2.40. The molecule has 76 heavy (non-hydrogen) atoms. The van der Waals surface area contributed by atoms with Crippen LogP contribution in [0.1, 0.15) is 114 Å². The second kappa shape index (κ2) is 23.8. The van der Waals surface area contributed by atoms with Crippen molar-refractivity contribution in [1.29, 1.82) is 5.26 Å². The van der Waals surface area contributed by atoms with Crippen LogP contribution in [0.5, 0.6) is 5.75 Å². The first-order valence-electron chi connectivity index (χ1n) is 27.1. The van der Waals surface area contributed by atoms with Gasteiger partial charge >= 0.3 is 0 Å². The number of aromatic hydroxyl groups is 1. The first-order chi connectivity index (χ1) is 36.7. The number of fused-ring (bicyclic) bond motifs is 3. The van der Waals surface area contributed by atoms with E-state index in [1.807, 2.05) is 44.4 Å². The number of para-hydroxylation sites is 1. The normalized spacial score (nSPS) is 24.1. The Balaban J connectivity index is 0.761. The van der Waals surface area contributed by atoms with Gasteiger partial charge < -0.3 is 45.1 Å². The van der Waals surface area contributed by atoms with E-state index >= 15 is 0 Å². The SMILES string of the molecule is C#CC(=C)/C=C\C(=C/C)[C@H](CC#N)NC(=O)[C@@H]1C[C@@H](O)CN1C(=O)[C@@H](NC1O[C@@H]1N1CCCC(N2CCC(c3cnc(N4CCc5[nH]c6nnc(-c7ccccc7O)cc6c5[C@H]4C)nc3)CC2)CCC1)C(C)(C)CCO. The van der Waals surface area contributed by atoms with Gasteiger partial charge in [0.2, 0.25) is 17.8 Å². The molecule has 0 aliphatic carbocycles. The third-order valence-corrected chi connectivity index (χ3v) is 16.6. The molecule has 5 aliphatic heterocycles. The number of amides is 2. The molecule has 0 radical (unpaired) electrons. The molecule has 2 amide bonds. The molecule has 4 saturated heterocycles. The second-order valence-corrected chi connectivity index (χ2v) is 21.9. The highest BCUT2D eigenvalue weighted by Gasteiger charge is 2.51. The number of likely N-dealkylation sites (tertiary alicyclic amines) is 3. The van der Waals surface area contributed by atoms with Gasteiger partial charge in [-0.15, -0.1) is 16.6 Å².